The van der Waals surface area contributed by atoms with Gasteiger partial charge in [-0.05, 0) is 24.1 Å². The fourth-order valence-corrected chi connectivity index (χ4v) is 3.42. The van der Waals surface area contributed by atoms with Gasteiger partial charge in [0, 0.05) is 34.6 Å². The molecule has 1 aromatic carbocycles. The van der Waals surface area contributed by atoms with Crippen LogP contribution < -0.4 is 10.1 Å². The number of aromatic nitrogens is 4. The van der Waals surface area contributed by atoms with Crippen LogP contribution in [0.5, 0.6) is 5.88 Å². The van der Waals surface area contributed by atoms with E-state index in [-0.39, 0.29) is 11.7 Å². The maximum atomic E-state index is 12.2. The molecule has 152 valence electrons. The number of nitrogens with zero attached hydrogens (tertiary/aromatic N) is 4. The molecule has 0 spiro atoms. The SMILES string of the molecule is CCCOc1ccnc(SCC(=O)Nc2ccn(Cc3ccc(Cl)cc3Cl)n2)n1. The lowest BCUT2D eigenvalue weighted by atomic mass is 10.2. The number of carbonyl (C=O) groups is 1. The molecular formula is C19H19Cl2N5O2S. The Morgan fingerprint density at radius 3 is 2.93 bits per heavy atom. The molecule has 3 aromatic rings. The van der Waals surface area contributed by atoms with Crippen LogP contribution in [-0.2, 0) is 11.3 Å². The van der Waals surface area contributed by atoms with Crippen molar-refractivity contribution in [3.63, 3.8) is 0 Å². The van der Waals surface area contributed by atoms with Crippen molar-refractivity contribution in [3.05, 3.63) is 58.3 Å². The van der Waals surface area contributed by atoms with E-state index in [1.807, 2.05) is 13.0 Å². The molecule has 3 rings (SSSR count). The molecule has 0 saturated carbocycles. The summed E-state index contributed by atoms with van der Waals surface area (Å²) >= 11 is 13.3. The summed E-state index contributed by atoms with van der Waals surface area (Å²) < 4.78 is 7.16. The van der Waals surface area contributed by atoms with Gasteiger partial charge in [-0.1, -0.05) is 48.0 Å². The third-order valence-corrected chi connectivity index (χ3v) is 5.10. The second kappa shape index (κ2) is 10.5. The fraction of sp³-hybridized carbons (Fsp3) is 0.263. The van der Waals surface area contributed by atoms with Crippen molar-refractivity contribution >= 4 is 46.7 Å². The summed E-state index contributed by atoms with van der Waals surface area (Å²) in [6.07, 6.45) is 4.28. The van der Waals surface area contributed by atoms with Crippen LogP contribution in [0.25, 0.3) is 0 Å². The molecule has 0 aliphatic heterocycles. The Balaban J connectivity index is 1.51. The van der Waals surface area contributed by atoms with Gasteiger partial charge in [0.05, 0.1) is 18.9 Å². The minimum Gasteiger partial charge on any atom is -0.478 e. The highest BCUT2D eigenvalue weighted by Crippen LogP contribution is 2.22. The lowest BCUT2D eigenvalue weighted by Crippen LogP contribution is -2.15. The monoisotopic (exact) mass is 451 g/mol. The zero-order valence-electron chi connectivity index (χ0n) is 15.6. The lowest BCUT2D eigenvalue weighted by molar-refractivity contribution is -0.113. The normalized spacial score (nSPS) is 10.7. The molecule has 0 fully saturated rings. The number of nitrogens with one attached hydrogen (secondary N) is 1. The zero-order chi connectivity index (χ0) is 20.6. The van der Waals surface area contributed by atoms with Crippen molar-refractivity contribution in [3.8, 4) is 5.88 Å². The van der Waals surface area contributed by atoms with Crippen LogP contribution in [0.15, 0.2) is 47.9 Å². The molecule has 2 aromatic heterocycles. The summed E-state index contributed by atoms with van der Waals surface area (Å²) in [6, 6.07) is 8.73. The highest BCUT2D eigenvalue weighted by atomic mass is 35.5. The van der Waals surface area contributed by atoms with E-state index in [4.69, 9.17) is 27.9 Å². The molecule has 0 saturated heterocycles. The Morgan fingerprint density at radius 1 is 1.28 bits per heavy atom. The third kappa shape index (κ3) is 6.62. The first kappa shape index (κ1) is 21.4. The van der Waals surface area contributed by atoms with Gasteiger partial charge in [-0.2, -0.15) is 10.1 Å². The minimum absolute atomic E-state index is 0.160. The molecule has 0 radical (unpaired) electrons. The standard InChI is InChI=1S/C19H19Cl2N5O2S/c1-2-9-28-18-5-7-22-19(24-18)29-12-17(27)23-16-6-8-26(25-16)11-13-3-4-14(20)10-15(13)21/h3-8,10H,2,9,11-12H2,1H3,(H,23,25,27). The Morgan fingerprint density at radius 2 is 2.14 bits per heavy atom. The van der Waals surface area contributed by atoms with Gasteiger partial charge < -0.3 is 10.1 Å². The minimum atomic E-state index is -0.201. The molecular weight excluding hydrogens is 433 g/mol. The lowest BCUT2D eigenvalue weighted by Gasteiger charge is -2.06. The predicted octanol–water partition coefficient (Wildman–Crippen LogP) is 4.55. The molecule has 0 bridgehead atoms. The maximum absolute atomic E-state index is 12.2. The maximum Gasteiger partial charge on any atom is 0.236 e. The Hall–Kier alpha value is -2.29. The van der Waals surface area contributed by atoms with Crippen LogP contribution >= 0.6 is 35.0 Å². The average Bonchev–Trinajstić information content (AvgIpc) is 3.14. The van der Waals surface area contributed by atoms with Crippen molar-refractivity contribution in [1.29, 1.82) is 0 Å². The Bertz CT molecular complexity index is 983. The Kier molecular flexibility index (Phi) is 7.74. The van der Waals surface area contributed by atoms with Gasteiger partial charge in [0.25, 0.3) is 0 Å². The molecule has 2 heterocycles. The second-order valence-electron chi connectivity index (χ2n) is 6.00. The van der Waals surface area contributed by atoms with E-state index in [1.54, 1.807) is 41.3 Å². The van der Waals surface area contributed by atoms with Gasteiger partial charge in [0.2, 0.25) is 11.8 Å². The van der Waals surface area contributed by atoms with E-state index in [0.29, 0.717) is 40.1 Å². The number of carbonyl (C=O) groups excluding carboxylic acids is 1. The average molecular weight is 452 g/mol. The number of rotatable bonds is 9. The van der Waals surface area contributed by atoms with E-state index in [9.17, 15) is 4.79 Å². The summed E-state index contributed by atoms with van der Waals surface area (Å²) in [5.41, 5.74) is 0.884. The van der Waals surface area contributed by atoms with Crippen molar-refractivity contribution in [2.45, 2.75) is 25.0 Å². The number of anilines is 1. The van der Waals surface area contributed by atoms with Crippen LogP contribution in [0.1, 0.15) is 18.9 Å². The fourth-order valence-electron chi connectivity index (χ4n) is 2.33. The predicted molar refractivity (Wildman–Crippen MR) is 115 cm³/mol. The molecule has 0 aliphatic rings. The molecule has 29 heavy (non-hydrogen) atoms. The first-order chi connectivity index (χ1) is 14.0. The van der Waals surface area contributed by atoms with E-state index in [1.165, 1.54) is 11.8 Å². The third-order valence-electron chi connectivity index (χ3n) is 3.65. The van der Waals surface area contributed by atoms with Crippen molar-refractivity contribution in [1.82, 2.24) is 19.7 Å². The number of halogens is 2. The number of thioether (sulfide) groups is 1. The van der Waals surface area contributed by atoms with Crippen LogP contribution in [0, 0.1) is 0 Å². The number of benzene rings is 1. The molecule has 7 nitrogen and oxygen atoms in total. The summed E-state index contributed by atoms with van der Waals surface area (Å²) in [5.74, 6) is 0.923. The van der Waals surface area contributed by atoms with Crippen molar-refractivity contribution < 1.29 is 9.53 Å². The first-order valence-electron chi connectivity index (χ1n) is 8.89. The molecule has 0 unspecified atom stereocenters. The van der Waals surface area contributed by atoms with Crippen LogP contribution in [0.2, 0.25) is 10.0 Å². The van der Waals surface area contributed by atoms with Crippen LogP contribution in [0.3, 0.4) is 0 Å². The first-order valence-corrected chi connectivity index (χ1v) is 10.6. The van der Waals surface area contributed by atoms with Gasteiger partial charge in [-0.15, -0.1) is 0 Å². The van der Waals surface area contributed by atoms with E-state index < -0.39 is 0 Å². The summed E-state index contributed by atoms with van der Waals surface area (Å²) in [4.78, 5) is 20.6. The molecule has 0 atom stereocenters. The van der Waals surface area contributed by atoms with E-state index in [2.05, 4.69) is 20.4 Å². The highest BCUT2D eigenvalue weighted by molar-refractivity contribution is 7.99. The summed E-state index contributed by atoms with van der Waals surface area (Å²) in [6.45, 7) is 3.08. The summed E-state index contributed by atoms with van der Waals surface area (Å²) in [7, 11) is 0. The van der Waals surface area contributed by atoms with Gasteiger partial charge >= 0.3 is 0 Å². The quantitative estimate of drug-likeness (QED) is 0.379. The van der Waals surface area contributed by atoms with E-state index in [0.717, 1.165) is 12.0 Å². The molecule has 1 amide bonds. The second-order valence-corrected chi connectivity index (χ2v) is 7.78. The van der Waals surface area contributed by atoms with Gasteiger partial charge in [0.15, 0.2) is 11.0 Å². The van der Waals surface area contributed by atoms with Gasteiger partial charge in [0.1, 0.15) is 0 Å². The van der Waals surface area contributed by atoms with Crippen LogP contribution in [-0.4, -0.2) is 38.0 Å². The number of amides is 1. The largest absolute Gasteiger partial charge is 0.478 e. The van der Waals surface area contributed by atoms with Gasteiger partial charge in [-0.3, -0.25) is 9.48 Å². The highest BCUT2D eigenvalue weighted by Gasteiger charge is 2.09. The molecule has 10 heteroatoms. The van der Waals surface area contributed by atoms with Crippen molar-refractivity contribution in [2.24, 2.45) is 0 Å². The van der Waals surface area contributed by atoms with Crippen molar-refractivity contribution in [2.75, 3.05) is 17.7 Å². The smallest absolute Gasteiger partial charge is 0.236 e. The molecule has 1 N–H and O–H groups in total. The van der Waals surface area contributed by atoms with Crippen LogP contribution in [0.4, 0.5) is 5.82 Å². The molecule has 0 aliphatic carbocycles. The number of hydrogen-bond donors (Lipinski definition) is 1. The number of hydrogen-bond acceptors (Lipinski definition) is 6. The van der Waals surface area contributed by atoms with Gasteiger partial charge in [-0.25, -0.2) is 4.98 Å². The zero-order valence-corrected chi connectivity index (χ0v) is 18.0. The number of ether oxygens (including phenoxy) is 1. The topological polar surface area (TPSA) is 81.9 Å². The Labute approximate surface area is 182 Å². The summed E-state index contributed by atoms with van der Waals surface area (Å²) in [5, 5.41) is 8.74. The van der Waals surface area contributed by atoms with E-state index >= 15 is 0 Å².